The predicted molar refractivity (Wildman–Crippen MR) is 81.5 cm³/mol. The summed E-state index contributed by atoms with van der Waals surface area (Å²) in [7, 11) is -3.05. The van der Waals surface area contributed by atoms with Gasteiger partial charge in [-0.25, -0.2) is 13.2 Å². The first-order valence-corrected chi connectivity index (χ1v) is 9.88. The van der Waals surface area contributed by atoms with Gasteiger partial charge in [0.1, 0.15) is 4.88 Å². The molecule has 3 rings (SSSR count). The van der Waals surface area contributed by atoms with Crippen molar-refractivity contribution in [2.24, 2.45) is 0 Å². The van der Waals surface area contributed by atoms with Gasteiger partial charge in [-0.05, 0) is 30.7 Å². The van der Waals surface area contributed by atoms with Crippen molar-refractivity contribution < 1.29 is 22.7 Å². The zero-order valence-electron chi connectivity index (χ0n) is 11.9. The second-order valence-corrected chi connectivity index (χ2v) is 8.82. The lowest BCUT2D eigenvalue weighted by molar-refractivity contribution is -0.137. The Morgan fingerprint density at radius 2 is 2.05 bits per heavy atom. The van der Waals surface area contributed by atoms with E-state index in [9.17, 15) is 18.0 Å². The van der Waals surface area contributed by atoms with Crippen molar-refractivity contribution in [3.63, 3.8) is 0 Å². The number of hydrogen-bond donors (Lipinski definition) is 0. The summed E-state index contributed by atoms with van der Waals surface area (Å²) < 4.78 is 28.3. The smallest absolute Gasteiger partial charge is 0.348 e. The molecule has 0 spiro atoms. The van der Waals surface area contributed by atoms with Crippen molar-refractivity contribution in [1.82, 2.24) is 4.90 Å². The molecule has 0 N–H and O–H groups in total. The van der Waals surface area contributed by atoms with Gasteiger partial charge in [0.05, 0.1) is 11.5 Å². The van der Waals surface area contributed by atoms with Crippen molar-refractivity contribution in [2.45, 2.75) is 31.3 Å². The maximum Gasteiger partial charge on any atom is 0.348 e. The Bertz CT molecular complexity index is 663. The normalized spacial score (nSPS) is 23.2. The highest BCUT2D eigenvalue weighted by Gasteiger charge is 2.42. The third-order valence-corrected chi connectivity index (χ3v) is 6.48. The van der Waals surface area contributed by atoms with Crippen LogP contribution in [0.3, 0.4) is 0 Å². The summed E-state index contributed by atoms with van der Waals surface area (Å²) in [6.07, 6.45) is 2.26. The van der Waals surface area contributed by atoms with Crippen molar-refractivity contribution in [3.8, 4) is 0 Å². The molecule has 2 aliphatic rings. The lowest BCUT2D eigenvalue weighted by atomic mass is 10.2. The van der Waals surface area contributed by atoms with Gasteiger partial charge in [0.25, 0.3) is 5.91 Å². The predicted octanol–water partition coefficient (Wildman–Crippen LogP) is 1.08. The largest absolute Gasteiger partial charge is 0.451 e. The van der Waals surface area contributed by atoms with Crippen molar-refractivity contribution in [3.05, 3.63) is 22.4 Å². The second kappa shape index (κ2) is 6.00. The Hall–Kier alpha value is -1.41. The molecule has 1 aliphatic carbocycles. The van der Waals surface area contributed by atoms with E-state index in [1.54, 1.807) is 22.4 Å². The fraction of sp³-hybridized carbons (Fsp3) is 0.571. The van der Waals surface area contributed by atoms with Crippen LogP contribution in [0.5, 0.6) is 0 Å². The fourth-order valence-electron chi connectivity index (χ4n) is 2.72. The van der Waals surface area contributed by atoms with E-state index in [1.165, 1.54) is 11.3 Å². The number of carbonyl (C=O) groups is 2. The van der Waals surface area contributed by atoms with E-state index in [0.717, 1.165) is 12.8 Å². The van der Waals surface area contributed by atoms with Gasteiger partial charge in [-0.1, -0.05) is 6.07 Å². The highest BCUT2D eigenvalue weighted by molar-refractivity contribution is 7.91. The van der Waals surface area contributed by atoms with Crippen LogP contribution >= 0.6 is 11.3 Å². The van der Waals surface area contributed by atoms with Crippen LogP contribution in [0.1, 0.15) is 28.9 Å². The summed E-state index contributed by atoms with van der Waals surface area (Å²) in [5.41, 5.74) is 0. The van der Waals surface area contributed by atoms with Gasteiger partial charge in [-0.2, -0.15) is 0 Å². The van der Waals surface area contributed by atoms with E-state index < -0.39 is 15.8 Å². The summed E-state index contributed by atoms with van der Waals surface area (Å²) in [5, 5.41) is 1.76. The minimum atomic E-state index is -3.05. The van der Waals surface area contributed by atoms with Gasteiger partial charge in [0.2, 0.25) is 0 Å². The number of nitrogens with zero attached hydrogens (tertiary/aromatic N) is 1. The Labute approximate surface area is 133 Å². The number of thiophene rings is 1. The van der Waals surface area contributed by atoms with Crippen molar-refractivity contribution in [2.75, 3.05) is 18.1 Å². The van der Waals surface area contributed by atoms with Crippen LogP contribution in [0.2, 0.25) is 0 Å². The molecule has 1 atom stereocenters. The first-order chi connectivity index (χ1) is 10.5. The second-order valence-electron chi connectivity index (χ2n) is 5.64. The van der Waals surface area contributed by atoms with Crippen LogP contribution in [-0.4, -0.2) is 55.4 Å². The van der Waals surface area contributed by atoms with Crippen LogP contribution in [0, 0.1) is 0 Å². The zero-order chi connectivity index (χ0) is 15.7. The molecule has 22 heavy (non-hydrogen) atoms. The highest BCUT2D eigenvalue weighted by Crippen LogP contribution is 2.32. The number of sulfone groups is 1. The van der Waals surface area contributed by atoms with Gasteiger partial charge in [0.15, 0.2) is 16.4 Å². The number of amides is 1. The molecule has 1 aromatic rings. The molecule has 2 heterocycles. The summed E-state index contributed by atoms with van der Waals surface area (Å²) in [5.74, 6) is -0.662. The molecule has 1 aliphatic heterocycles. The molecular weight excluding hydrogens is 326 g/mol. The molecule has 0 unspecified atom stereocenters. The van der Waals surface area contributed by atoms with E-state index in [0.29, 0.717) is 11.3 Å². The fourth-order valence-corrected chi connectivity index (χ4v) is 5.05. The first-order valence-electron chi connectivity index (χ1n) is 7.18. The molecule has 120 valence electrons. The number of esters is 1. The van der Waals surface area contributed by atoms with Crippen LogP contribution in [0.25, 0.3) is 0 Å². The number of ether oxygens (including phenoxy) is 1. The number of rotatable bonds is 5. The maximum atomic E-state index is 12.4. The van der Waals surface area contributed by atoms with Crippen LogP contribution in [0.15, 0.2) is 17.5 Å². The Balaban J connectivity index is 1.60. The molecule has 1 aromatic heterocycles. The molecule has 6 nitrogen and oxygen atoms in total. The minimum absolute atomic E-state index is 0.0219. The van der Waals surface area contributed by atoms with Crippen LogP contribution < -0.4 is 0 Å². The third kappa shape index (κ3) is 3.49. The summed E-state index contributed by atoms with van der Waals surface area (Å²) in [4.78, 5) is 26.2. The molecule has 2 fully saturated rings. The van der Waals surface area contributed by atoms with Crippen LogP contribution in [0.4, 0.5) is 0 Å². The number of hydrogen-bond acceptors (Lipinski definition) is 6. The highest BCUT2D eigenvalue weighted by atomic mass is 32.2. The van der Waals surface area contributed by atoms with E-state index in [1.807, 2.05) is 0 Å². The Morgan fingerprint density at radius 3 is 2.59 bits per heavy atom. The maximum absolute atomic E-state index is 12.4. The van der Waals surface area contributed by atoms with E-state index in [4.69, 9.17) is 4.74 Å². The SMILES string of the molecule is O=C(OCC(=O)N(C1CC1)[C@@H]1CCS(=O)(=O)C1)c1cccs1. The summed E-state index contributed by atoms with van der Waals surface area (Å²) in [6.45, 7) is -0.330. The van der Waals surface area contributed by atoms with Crippen LogP contribution in [-0.2, 0) is 19.4 Å². The zero-order valence-corrected chi connectivity index (χ0v) is 13.6. The summed E-state index contributed by atoms with van der Waals surface area (Å²) >= 11 is 1.26. The van der Waals surface area contributed by atoms with Crippen molar-refractivity contribution >= 4 is 33.1 Å². The Kier molecular flexibility index (Phi) is 4.22. The van der Waals surface area contributed by atoms with Gasteiger partial charge < -0.3 is 9.64 Å². The standard InChI is InChI=1S/C14H17NO5S2/c16-13(8-20-14(17)12-2-1-6-21-12)15(10-3-4-10)11-5-7-22(18,19)9-11/h1-2,6,10-11H,3-5,7-9H2/t11-/m1/s1. The number of carbonyl (C=O) groups excluding carboxylic acids is 2. The van der Waals surface area contributed by atoms with Gasteiger partial charge >= 0.3 is 5.97 Å². The van der Waals surface area contributed by atoms with Crippen molar-refractivity contribution in [1.29, 1.82) is 0 Å². The molecule has 1 saturated heterocycles. The third-order valence-electron chi connectivity index (χ3n) is 3.88. The summed E-state index contributed by atoms with van der Waals surface area (Å²) in [6, 6.07) is 3.21. The first kappa shape index (κ1) is 15.5. The monoisotopic (exact) mass is 343 g/mol. The van der Waals surface area contributed by atoms with Gasteiger partial charge in [-0.3, -0.25) is 4.79 Å². The molecular formula is C14H17NO5S2. The average molecular weight is 343 g/mol. The average Bonchev–Trinajstić information content (AvgIpc) is 3.00. The van der Waals surface area contributed by atoms with E-state index >= 15 is 0 Å². The lowest BCUT2D eigenvalue weighted by Gasteiger charge is -2.28. The van der Waals surface area contributed by atoms with E-state index in [-0.39, 0.29) is 36.1 Å². The minimum Gasteiger partial charge on any atom is -0.451 e. The molecule has 1 saturated carbocycles. The topological polar surface area (TPSA) is 80.8 Å². The molecule has 0 bridgehead atoms. The quantitative estimate of drug-likeness (QED) is 0.748. The molecule has 1 amide bonds. The van der Waals surface area contributed by atoms with Gasteiger partial charge in [-0.15, -0.1) is 11.3 Å². The lowest BCUT2D eigenvalue weighted by Crippen LogP contribution is -2.44. The van der Waals surface area contributed by atoms with Gasteiger partial charge in [0, 0.05) is 12.1 Å². The van der Waals surface area contributed by atoms with E-state index in [2.05, 4.69) is 0 Å². The molecule has 0 radical (unpaired) electrons. The molecule has 8 heteroatoms. The Morgan fingerprint density at radius 1 is 1.27 bits per heavy atom. The molecule has 0 aromatic carbocycles.